The topological polar surface area (TPSA) is 88.6 Å². The monoisotopic (exact) mass is 287 g/mol. The molecule has 2 N–H and O–H groups in total. The minimum atomic E-state index is -1.33. The van der Waals surface area contributed by atoms with Gasteiger partial charge < -0.3 is 19.6 Å². The minimum Gasteiger partial charge on any atom is -0.505 e. The molecule has 1 aromatic heterocycles. The van der Waals surface area contributed by atoms with Crippen molar-refractivity contribution < 1.29 is 24.2 Å². The third-order valence-electron chi connectivity index (χ3n) is 3.38. The average molecular weight is 287 g/mol. The van der Waals surface area contributed by atoms with Crippen LogP contribution in [0.3, 0.4) is 0 Å². The summed E-state index contributed by atoms with van der Waals surface area (Å²) in [6, 6.07) is 7.14. The molecule has 0 amide bonds. The van der Waals surface area contributed by atoms with Crippen LogP contribution in [0.1, 0.15) is 19.5 Å². The fraction of sp³-hybridized carbons (Fsp3) is 0.200. The van der Waals surface area contributed by atoms with Gasteiger partial charge in [0.25, 0.3) is 5.95 Å². The van der Waals surface area contributed by atoms with Crippen molar-refractivity contribution in [3.8, 4) is 5.75 Å². The number of aromatic amines is 1. The van der Waals surface area contributed by atoms with E-state index in [4.69, 9.17) is 9.47 Å². The molecule has 1 aromatic carbocycles. The Balaban J connectivity index is 2.00. The number of cyclic esters (lactones) is 2. The van der Waals surface area contributed by atoms with E-state index in [9.17, 15) is 14.7 Å². The van der Waals surface area contributed by atoms with E-state index in [1.807, 2.05) is 6.07 Å². The van der Waals surface area contributed by atoms with E-state index in [0.717, 1.165) is 5.52 Å². The van der Waals surface area contributed by atoms with Gasteiger partial charge in [0.1, 0.15) is 5.75 Å². The highest BCUT2D eigenvalue weighted by molar-refractivity contribution is 6.02. The van der Waals surface area contributed by atoms with Gasteiger partial charge in [-0.25, -0.2) is 0 Å². The molecule has 2 aromatic rings. The number of aromatic nitrogens is 1. The number of H-pyrrole nitrogens is 1. The lowest BCUT2D eigenvalue weighted by molar-refractivity contribution is -0.183. The molecule has 2 heterocycles. The molecule has 6 heteroatoms. The number of rotatable bonds is 1. The number of esters is 2. The van der Waals surface area contributed by atoms with Crippen LogP contribution < -0.4 is 0 Å². The first-order chi connectivity index (χ1) is 9.89. The van der Waals surface area contributed by atoms with E-state index in [1.54, 1.807) is 18.2 Å². The third-order valence-corrected chi connectivity index (χ3v) is 3.38. The Morgan fingerprint density at radius 1 is 1.14 bits per heavy atom. The van der Waals surface area contributed by atoms with Crippen LogP contribution >= 0.6 is 0 Å². The second-order valence-corrected chi connectivity index (χ2v) is 5.30. The predicted octanol–water partition coefficient (Wildman–Crippen LogP) is 2.30. The molecule has 1 saturated heterocycles. The van der Waals surface area contributed by atoms with Crippen molar-refractivity contribution >= 4 is 28.9 Å². The number of carbonyl (C=O) groups excluding carboxylic acids is 2. The normalized spacial score (nSPS) is 17.5. The van der Waals surface area contributed by atoms with Gasteiger partial charge >= 0.3 is 11.9 Å². The van der Waals surface area contributed by atoms with E-state index < -0.39 is 17.4 Å². The Morgan fingerprint density at radius 3 is 2.38 bits per heavy atom. The lowest BCUT2D eigenvalue weighted by atomic mass is 9.93. The van der Waals surface area contributed by atoms with Gasteiger partial charge in [0, 0.05) is 17.0 Å². The maximum atomic E-state index is 11.7. The van der Waals surface area contributed by atoms with Crippen molar-refractivity contribution in [1.29, 1.82) is 0 Å². The molecule has 6 nitrogen and oxygen atoms in total. The zero-order valence-corrected chi connectivity index (χ0v) is 11.5. The highest BCUT2D eigenvalue weighted by atomic mass is 16.7. The largest absolute Gasteiger partial charge is 0.505 e. The molecule has 0 unspecified atom stereocenters. The van der Waals surface area contributed by atoms with E-state index in [-0.39, 0.29) is 11.7 Å². The molecular weight excluding hydrogens is 274 g/mol. The first kappa shape index (κ1) is 13.2. The standard InChI is InChI=1S/C15H13NO5/c1-15(2)13(18)20-11(21-14(15)19)7-10-12(17)8-5-3-4-6-9(8)16-10/h3-7,16-17H,1-2H3. The lowest BCUT2D eigenvalue weighted by Crippen LogP contribution is -2.41. The number of hydrogen-bond acceptors (Lipinski definition) is 5. The van der Waals surface area contributed by atoms with Gasteiger partial charge in [0.15, 0.2) is 5.41 Å². The van der Waals surface area contributed by atoms with Crippen molar-refractivity contribution in [3.63, 3.8) is 0 Å². The Bertz CT molecular complexity index is 762. The molecule has 0 saturated carbocycles. The highest BCUT2D eigenvalue weighted by Crippen LogP contribution is 2.33. The van der Waals surface area contributed by atoms with E-state index in [1.165, 1.54) is 19.9 Å². The molecule has 0 aliphatic carbocycles. The number of nitrogens with one attached hydrogen (secondary N) is 1. The predicted molar refractivity (Wildman–Crippen MR) is 73.9 cm³/mol. The molecule has 0 bridgehead atoms. The summed E-state index contributed by atoms with van der Waals surface area (Å²) in [6.07, 6.45) is 1.28. The first-order valence-corrected chi connectivity index (χ1v) is 6.35. The minimum absolute atomic E-state index is 0.00460. The molecule has 0 atom stereocenters. The van der Waals surface area contributed by atoms with Gasteiger partial charge in [-0.3, -0.25) is 9.59 Å². The second kappa shape index (κ2) is 4.37. The van der Waals surface area contributed by atoms with Crippen LogP contribution in [-0.2, 0) is 19.1 Å². The van der Waals surface area contributed by atoms with Gasteiger partial charge in [-0.2, -0.15) is 0 Å². The molecule has 1 fully saturated rings. The number of ether oxygens (including phenoxy) is 2. The molecule has 1 aliphatic rings. The van der Waals surface area contributed by atoms with Crippen molar-refractivity contribution in [3.05, 3.63) is 35.9 Å². The van der Waals surface area contributed by atoms with Crippen LogP contribution in [0.25, 0.3) is 17.0 Å². The summed E-state index contributed by atoms with van der Waals surface area (Å²) in [4.78, 5) is 26.4. The van der Waals surface area contributed by atoms with Crippen LogP contribution in [0.4, 0.5) is 0 Å². The Morgan fingerprint density at radius 2 is 1.76 bits per heavy atom. The van der Waals surface area contributed by atoms with Crippen molar-refractivity contribution in [2.75, 3.05) is 0 Å². The fourth-order valence-corrected chi connectivity index (χ4v) is 1.97. The summed E-state index contributed by atoms with van der Waals surface area (Å²) in [5.74, 6) is -1.65. The Labute approximate surface area is 120 Å². The average Bonchev–Trinajstić information content (AvgIpc) is 2.74. The summed E-state index contributed by atoms with van der Waals surface area (Å²) in [5, 5.41) is 10.7. The first-order valence-electron chi connectivity index (χ1n) is 6.35. The van der Waals surface area contributed by atoms with Crippen LogP contribution in [0.15, 0.2) is 30.2 Å². The molecular formula is C15H13NO5. The van der Waals surface area contributed by atoms with Gasteiger partial charge in [-0.15, -0.1) is 0 Å². The fourth-order valence-electron chi connectivity index (χ4n) is 1.97. The van der Waals surface area contributed by atoms with E-state index in [0.29, 0.717) is 11.1 Å². The molecule has 0 spiro atoms. The smallest absolute Gasteiger partial charge is 0.330 e. The quantitative estimate of drug-likeness (QED) is 0.620. The summed E-state index contributed by atoms with van der Waals surface area (Å²) < 4.78 is 9.95. The Hall–Kier alpha value is -2.76. The summed E-state index contributed by atoms with van der Waals surface area (Å²) >= 11 is 0. The molecule has 108 valence electrons. The van der Waals surface area contributed by atoms with Crippen LogP contribution in [0, 0.1) is 5.41 Å². The second-order valence-electron chi connectivity index (χ2n) is 5.30. The number of aromatic hydroxyl groups is 1. The van der Waals surface area contributed by atoms with Crippen molar-refractivity contribution in [2.24, 2.45) is 5.41 Å². The van der Waals surface area contributed by atoms with E-state index >= 15 is 0 Å². The number of hydrogen-bond donors (Lipinski definition) is 2. The lowest BCUT2D eigenvalue weighted by Gasteiger charge is -2.26. The summed E-state index contributed by atoms with van der Waals surface area (Å²) in [6.45, 7) is 2.85. The molecule has 1 aliphatic heterocycles. The summed E-state index contributed by atoms with van der Waals surface area (Å²) in [5.41, 5.74) is -0.318. The zero-order valence-electron chi connectivity index (χ0n) is 11.5. The molecule has 0 radical (unpaired) electrons. The molecule has 3 rings (SSSR count). The maximum Gasteiger partial charge on any atom is 0.330 e. The van der Waals surface area contributed by atoms with Gasteiger partial charge in [0.2, 0.25) is 0 Å². The van der Waals surface area contributed by atoms with Gasteiger partial charge in [0.05, 0.1) is 5.69 Å². The summed E-state index contributed by atoms with van der Waals surface area (Å²) in [7, 11) is 0. The van der Waals surface area contributed by atoms with E-state index in [2.05, 4.69) is 4.98 Å². The number of para-hydroxylation sites is 1. The maximum absolute atomic E-state index is 11.7. The number of carbonyl (C=O) groups is 2. The van der Waals surface area contributed by atoms with Gasteiger partial charge in [-0.05, 0) is 26.0 Å². The van der Waals surface area contributed by atoms with Gasteiger partial charge in [-0.1, -0.05) is 12.1 Å². The number of benzene rings is 1. The zero-order chi connectivity index (χ0) is 15.2. The molecule has 21 heavy (non-hydrogen) atoms. The van der Waals surface area contributed by atoms with Crippen LogP contribution in [0.5, 0.6) is 5.75 Å². The van der Waals surface area contributed by atoms with Crippen molar-refractivity contribution in [2.45, 2.75) is 13.8 Å². The Kier molecular flexibility index (Phi) is 2.76. The van der Waals surface area contributed by atoms with Crippen LogP contribution in [0.2, 0.25) is 0 Å². The SMILES string of the molecule is CC1(C)C(=O)OC(=Cc2[nH]c3ccccc3c2O)OC1=O. The number of fused-ring (bicyclic) bond motifs is 1. The van der Waals surface area contributed by atoms with Crippen LogP contribution in [-0.4, -0.2) is 22.0 Å². The third kappa shape index (κ3) is 2.05. The van der Waals surface area contributed by atoms with Crippen molar-refractivity contribution in [1.82, 2.24) is 4.98 Å². The highest BCUT2D eigenvalue weighted by Gasteiger charge is 2.45.